The van der Waals surface area contributed by atoms with Crippen molar-refractivity contribution in [3.63, 3.8) is 0 Å². The van der Waals surface area contributed by atoms with Crippen LogP contribution in [0, 0.1) is 5.82 Å². The van der Waals surface area contributed by atoms with Gasteiger partial charge in [0, 0.05) is 18.1 Å². The highest BCUT2D eigenvalue weighted by molar-refractivity contribution is 7.89. The van der Waals surface area contributed by atoms with Gasteiger partial charge in [-0.05, 0) is 41.5 Å². The van der Waals surface area contributed by atoms with Gasteiger partial charge in [-0.25, -0.2) is 12.8 Å². The predicted octanol–water partition coefficient (Wildman–Crippen LogP) is 3.99. The van der Waals surface area contributed by atoms with Gasteiger partial charge < -0.3 is 5.32 Å². The fourth-order valence-corrected chi connectivity index (χ4v) is 4.42. The number of nitrogens with zero attached hydrogens (tertiary/aromatic N) is 1. The lowest BCUT2D eigenvalue weighted by Gasteiger charge is -2.22. The van der Waals surface area contributed by atoms with Gasteiger partial charge in [-0.1, -0.05) is 60.1 Å². The standard InChI is InChI=1S/C22H20ClFN2O3S/c23-21-9-5-4-6-18(21)14-25-22(27)16-26(15-17-10-12-19(24)13-11-17)30(28,29)20-7-2-1-3-8-20/h1-13H,14-16H2,(H,25,27). The van der Waals surface area contributed by atoms with Crippen LogP contribution in [0.5, 0.6) is 0 Å². The molecule has 5 nitrogen and oxygen atoms in total. The second-order valence-corrected chi connectivity index (χ2v) is 8.93. The van der Waals surface area contributed by atoms with Crippen LogP contribution in [-0.4, -0.2) is 25.2 Å². The summed E-state index contributed by atoms with van der Waals surface area (Å²) in [6.45, 7) is -0.287. The fraction of sp³-hybridized carbons (Fsp3) is 0.136. The first-order chi connectivity index (χ1) is 14.4. The van der Waals surface area contributed by atoms with Crippen LogP contribution in [0.3, 0.4) is 0 Å². The summed E-state index contributed by atoms with van der Waals surface area (Å²) in [5.74, 6) is -0.898. The maximum atomic E-state index is 13.2. The molecule has 0 saturated heterocycles. The number of halogens is 2. The number of amides is 1. The molecule has 1 N–H and O–H groups in total. The number of sulfonamides is 1. The summed E-state index contributed by atoms with van der Waals surface area (Å²) in [6.07, 6.45) is 0. The summed E-state index contributed by atoms with van der Waals surface area (Å²) in [6, 6.07) is 20.4. The Labute approximate surface area is 180 Å². The molecule has 0 aromatic heterocycles. The molecule has 0 fully saturated rings. The van der Waals surface area contributed by atoms with E-state index in [4.69, 9.17) is 11.6 Å². The number of nitrogens with one attached hydrogen (secondary N) is 1. The lowest BCUT2D eigenvalue weighted by atomic mass is 10.2. The molecule has 3 aromatic carbocycles. The highest BCUT2D eigenvalue weighted by Crippen LogP contribution is 2.19. The van der Waals surface area contributed by atoms with Crippen molar-refractivity contribution in [3.05, 3.63) is 101 Å². The Morgan fingerprint density at radius 2 is 1.57 bits per heavy atom. The molecule has 0 heterocycles. The van der Waals surface area contributed by atoms with Crippen LogP contribution < -0.4 is 5.32 Å². The summed E-state index contributed by atoms with van der Waals surface area (Å²) in [5.41, 5.74) is 1.29. The molecule has 3 rings (SSSR count). The Hall–Kier alpha value is -2.74. The minimum absolute atomic E-state index is 0.0724. The molecule has 0 aliphatic carbocycles. The Morgan fingerprint density at radius 3 is 2.23 bits per heavy atom. The smallest absolute Gasteiger partial charge is 0.243 e. The Morgan fingerprint density at radius 1 is 0.933 bits per heavy atom. The van der Waals surface area contributed by atoms with Gasteiger partial charge in [-0.2, -0.15) is 4.31 Å². The Bertz CT molecular complexity index is 1110. The van der Waals surface area contributed by atoms with Crippen molar-refractivity contribution in [3.8, 4) is 0 Å². The highest BCUT2D eigenvalue weighted by atomic mass is 35.5. The molecule has 0 aliphatic rings. The molecule has 0 unspecified atom stereocenters. The summed E-state index contributed by atoms with van der Waals surface area (Å²) in [7, 11) is -3.94. The number of hydrogen-bond acceptors (Lipinski definition) is 3. The quantitative estimate of drug-likeness (QED) is 0.569. The van der Waals surface area contributed by atoms with Gasteiger partial charge in [0.15, 0.2) is 0 Å². The van der Waals surface area contributed by atoms with Gasteiger partial charge in [0.05, 0.1) is 11.4 Å². The minimum Gasteiger partial charge on any atom is -0.351 e. The first-order valence-corrected chi connectivity index (χ1v) is 11.0. The van der Waals surface area contributed by atoms with Crippen LogP contribution in [0.15, 0.2) is 83.8 Å². The predicted molar refractivity (Wildman–Crippen MR) is 114 cm³/mol. The number of benzene rings is 3. The molecule has 0 saturated carbocycles. The van der Waals surface area contributed by atoms with Gasteiger partial charge in [-0.3, -0.25) is 4.79 Å². The van der Waals surface area contributed by atoms with E-state index >= 15 is 0 Å². The lowest BCUT2D eigenvalue weighted by molar-refractivity contribution is -0.121. The Kier molecular flexibility index (Phi) is 7.20. The number of carbonyl (C=O) groups excluding carboxylic acids is 1. The van der Waals surface area contributed by atoms with Crippen LogP contribution in [0.1, 0.15) is 11.1 Å². The molecule has 156 valence electrons. The largest absolute Gasteiger partial charge is 0.351 e. The molecule has 3 aromatic rings. The second-order valence-electron chi connectivity index (χ2n) is 6.58. The van der Waals surface area contributed by atoms with E-state index in [1.165, 1.54) is 36.4 Å². The van der Waals surface area contributed by atoms with Crippen molar-refractivity contribution in [1.82, 2.24) is 9.62 Å². The lowest BCUT2D eigenvalue weighted by Crippen LogP contribution is -2.40. The first kappa shape index (κ1) is 22.0. The summed E-state index contributed by atoms with van der Waals surface area (Å²) in [4.78, 5) is 12.6. The molecule has 0 atom stereocenters. The van der Waals surface area contributed by atoms with Crippen LogP contribution >= 0.6 is 11.6 Å². The van der Waals surface area contributed by atoms with Crippen LogP contribution in [0.4, 0.5) is 4.39 Å². The van der Waals surface area contributed by atoms with E-state index in [0.717, 1.165) is 9.87 Å². The summed E-state index contributed by atoms with van der Waals surface area (Å²) in [5, 5.41) is 3.21. The van der Waals surface area contributed by atoms with E-state index in [0.29, 0.717) is 10.6 Å². The molecule has 0 spiro atoms. The van der Waals surface area contributed by atoms with Crippen molar-refractivity contribution in [1.29, 1.82) is 0 Å². The summed E-state index contributed by atoms with van der Waals surface area (Å²) < 4.78 is 40.5. The number of carbonyl (C=O) groups is 1. The van der Waals surface area contributed by atoms with Crippen LogP contribution in [0.25, 0.3) is 0 Å². The van der Waals surface area contributed by atoms with E-state index in [9.17, 15) is 17.6 Å². The van der Waals surface area contributed by atoms with Gasteiger partial charge >= 0.3 is 0 Å². The number of rotatable bonds is 8. The zero-order valence-corrected chi connectivity index (χ0v) is 17.5. The SMILES string of the molecule is O=C(CN(Cc1ccc(F)cc1)S(=O)(=O)c1ccccc1)NCc1ccccc1Cl. The maximum Gasteiger partial charge on any atom is 0.243 e. The average molecular weight is 447 g/mol. The first-order valence-electron chi connectivity index (χ1n) is 9.16. The summed E-state index contributed by atoms with van der Waals surface area (Å²) >= 11 is 6.10. The topological polar surface area (TPSA) is 66.5 Å². The second kappa shape index (κ2) is 9.84. The van der Waals surface area contributed by atoms with Crippen molar-refractivity contribution in [2.75, 3.05) is 6.54 Å². The van der Waals surface area contributed by atoms with E-state index in [-0.39, 0.29) is 24.5 Å². The van der Waals surface area contributed by atoms with Crippen molar-refractivity contribution >= 4 is 27.5 Å². The molecule has 0 radical (unpaired) electrons. The monoisotopic (exact) mass is 446 g/mol. The molecule has 0 aliphatic heterocycles. The normalized spacial score (nSPS) is 11.4. The molecular formula is C22H20ClFN2O3S. The van der Waals surface area contributed by atoms with Crippen LogP contribution in [0.2, 0.25) is 5.02 Å². The number of hydrogen-bond donors (Lipinski definition) is 1. The zero-order valence-electron chi connectivity index (χ0n) is 16.0. The van der Waals surface area contributed by atoms with E-state index in [2.05, 4.69) is 5.32 Å². The van der Waals surface area contributed by atoms with Crippen LogP contribution in [-0.2, 0) is 27.9 Å². The van der Waals surface area contributed by atoms with Crippen molar-refractivity contribution in [2.24, 2.45) is 0 Å². The third-order valence-electron chi connectivity index (χ3n) is 4.41. The average Bonchev–Trinajstić information content (AvgIpc) is 2.75. The van der Waals surface area contributed by atoms with Gasteiger partial charge in [0.2, 0.25) is 15.9 Å². The maximum absolute atomic E-state index is 13.2. The van der Waals surface area contributed by atoms with Gasteiger partial charge in [-0.15, -0.1) is 0 Å². The molecule has 1 amide bonds. The molecule has 30 heavy (non-hydrogen) atoms. The third kappa shape index (κ3) is 5.66. The van der Waals surface area contributed by atoms with E-state index in [1.807, 2.05) is 0 Å². The third-order valence-corrected chi connectivity index (χ3v) is 6.58. The Balaban J connectivity index is 1.79. The zero-order chi connectivity index (χ0) is 21.6. The van der Waals surface area contributed by atoms with E-state index in [1.54, 1.807) is 42.5 Å². The molecule has 8 heteroatoms. The molecular weight excluding hydrogens is 427 g/mol. The minimum atomic E-state index is -3.94. The fourth-order valence-electron chi connectivity index (χ4n) is 2.81. The van der Waals surface area contributed by atoms with Crippen molar-refractivity contribution in [2.45, 2.75) is 18.0 Å². The molecule has 0 bridgehead atoms. The van der Waals surface area contributed by atoms with Gasteiger partial charge in [0.25, 0.3) is 0 Å². The highest BCUT2D eigenvalue weighted by Gasteiger charge is 2.26. The van der Waals surface area contributed by atoms with E-state index < -0.39 is 21.7 Å². The van der Waals surface area contributed by atoms with Crippen molar-refractivity contribution < 1.29 is 17.6 Å². The van der Waals surface area contributed by atoms with Gasteiger partial charge in [0.1, 0.15) is 5.82 Å².